The smallest absolute Gasteiger partial charge is 0.328 e. The highest BCUT2D eigenvalue weighted by Crippen LogP contribution is 2.12. The van der Waals surface area contributed by atoms with Crippen LogP contribution in [0.4, 0.5) is 14.5 Å². The van der Waals surface area contributed by atoms with Crippen LogP contribution < -0.4 is 10.6 Å². The first-order chi connectivity index (χ1) is 11.8. The number of hydrogen-bond donors (Lipinski definition) is 2. The zero-order valence-corrected chi connectivity index (χ0v) is 13.9. The molecule has 0 radical (unpaired) electrons. The summed E-state index contributed by atoms with van der Waals surface area (Å²) in [6, 6.07) is 4.84. The van der Waals surface area contributed by atoms with E-state index in [4.69, 9.17) is 4.74 Å². The third-order valence-electron chi connectivity index (χ3n) is 2.94. The molecule has 0 aliphatic rings. The summed E-state index contributed by atoms with van der Waals surface area (Å²) < 4.78 is 30.8. The molecule has 6 nitrogen and oxygen atoms in total. The minimum absolute atomic E-state index is 0.0994. The molecule has 2 aromatic rings. The second-order valence-corrected chi connectivity index (χ2v) is 5.93. The molecule has 0 aliphatic carbocycles. The van der Waals surface area contributed by atoms with Crippen molar-refractivity contribution in [1.29, 1.82) is 0 Å². The van der Waals surface area contributed by atoms with Crippen LogP contribution in [-0.2, 0) is 14.3 Å². The summed E-state index contributed by atoms with van der Waals surface area (Å²) in [4.78, 5) is 35.7. The molecule has 132 valence electrons. The number of ether oxygens (including phenoxy) is 1. The van der Waals surface area contributed by atoms with Gasteiger partial charge in [-0.25, -0.2) is 13.6 Å². The van der Waals surface area contributed by atoms with Crippen molar-refractivity contribution in [2.45, 2.75) is 13.0 Å². The first-order valence-corrected chi connectivity index (χ1v) is 8.00. The summed E-state index contributed by atoms with van der Waals surface area (Å²) in [6.07, 6.45) is 0. The lowest BCUT2D eigenvalue weighted by Gasteiger charge is -2.13. The average Bonchev–Trinajstić information content (AvgIpc) is 3.06. The normalized spacial score (nSPS) is 11.5. The van der Waals surface area contributed by atoms with Gasteiger partial charge in [0.25, 0.3) is 11.8 Å². The molecule has 2 N–H and O–H groups in total. The summed E-state index contributed by atoms with van der Waals surface area (Å²) in [5.41, 5.74) is -0.0994. The predicted molar refractivity (Wildman–Crippen MR) is 87.2 cm³/mol. The van der Waals surface area contributed by atoms with Crippen LogP contribution in [0.3, 0.4) is 0 Å². The number of hydrogen-bond acceptors (Lipinski definition) is 5. The van der Waals surface area contributed by atoms with Crippen LogP contribution in [0.15, 0.2) is 35.7 Å². The van der Waals surface area contributed by atoms with Crippen LogP contribution in [0.25, 0.3) is 0 Å². The molecule has 0 fully saturated rings. The van der Waals surface area contributed by atoms with Crippen LogP contribution in [-0.4, -0.2) is 30.4 Å². The largest absolute Gasteiger partial charge is 0.454 e. The highest BCUT2D eigenvalue weighted by Gasteiger charge is 2.19. The lowest BCUT2D eigenvalue weighted by molar-refractivity contribution is -0.148. The number of carbonyl (C=O) groups excluding carboxylic acids is 3. The Bertz CT molecular complexity index is 760. The summed E-state index contributed by atoms with van der Waals surface area (Å²) in [7, 11) is 0. The Hall–Kier alpha value is -2.81. The van der Waals surface area contributed by atoms with E-state index >= 15 is 0 Å². The van der Waals surface area contributed by atoms with Crippen LogP contribution in [0.1, 0.15) is 16.6 Å². The lowest BCUT2D eigenvalue weighted by atomic mass is 10.3. The third kappa shape index (κ3) is 5.64. The summed E-state index contributed by atoms with van der Waals surface area (Å²) in [6.45, 7) is 0.754. The van der Waals surface area contributed by atoms with Gasteiger partial charge in [0.15, 0.2) is 6.61 Å². The Kier molecular flexibility index (Phi) is 6.18. The standard InChI is InChI=1S/C16H14F2N2O4S/c1-9(19-15(22)13-3-2-4-25-13)16(23)24-8-14(21)20-12-6-10(17)5-11(18)7-12/h2-7,9H,8H2,1H3,(H,19,22)(H,20,21). The number of halogens is 2. The first-order valence-electron chi connectivity index (χ1n) is 7.12. The minimum atomic E-state index is -0.964. The van der Waals surface area contributed by atoms with Gasteiger partial charge in [0, 0.05) is 11.8 Å². The fourth-order valence-corrected chi connectivity index (χ4v) is 2.45. The minimum Gasteiger partial charge on any atom is -0.454 e. The highest BCUT2D eigenvalue weighted by atomic mass is 32.1. The van der Waals surface area contributed by atoms with E-state index in [-0.39, 0.29) is 5.69 Å². The number of thiophene rings is 1. The van der Waals surface area contributed by atoms with Gasteiger partial charge in [-0.3, -0.25) is 9.59 Å². The molecule has 0 saturated carbocycles. The molecule has 0 aliphatic heterocycles. The number of benzene rings is 1. The number of nitrogens with one attached hydrogen (secondary N) is 2. The second kappa shape index (κ2) is 8.34. The molecule has 0 saturated heterocycles. The maximum Gasteiger partial charge on any atom is 0.328 e. The molecule has 1 aromatic carbocycles. The van der Waals surface area contributed by atoms with Crippen LogP contribution in [0.2, 0.25) is 0 Å². The highest BCUT2D eigenvalue weighted by molar-refractivity contribution is 7.12. The zero-order valence-electron chi connectivity index (χ0n) is 13.0. The average molecular weight is 368 g/mol. The van der Waals surface area contributed by atoms with Gasteiger partial charge in [0.1, 0.15) is 17.7 Å². The van der Waals surface area contributed by atoms with Crippen molar-refractivity contribution in [3.8, 4) is 0 Å². The van der Waals surface area contributed by atoms with E-state index in [1.54, 1.807) is 17.5 Å². The van der Waals surface area contributed by atoms with Crippen molar-refractivity contribution in [2.24, 2.45) is 0 Å². The Balaban J connectivity index is 1.80. The molecule has 9 heteroatoms. The number of amides is 2. The van der Waals surface area contributed by atoms with E-state index in [1.165, 1.54) is 18.3 Å². The van der Waals surface area contributed by atoms with Crippen molar-refractivity contribution in [3.63, 3.8) is 0 Å². The fraction of sp³-hybridized carbons (Fsp3) is 0.188. The van der Waals surface area contributed by atoms with Gasteiger partial charge >= 0.3 is 5.97 Å². The molecule has 1 aromatic heterocycles. The summed E-state index contributed by atoms with van der Waals surface area (Å²) in [5.74, 6) is -3.71. The number of esters is 1. The molecule has 2 rings (SSSR count). The van der Waals surface area contributed by atoms with Crippen molar-refractivity contribution < 1.29 is 27.9 Å². The van der Waals surface area contributed by atoms with E-state index in [9.17, 15) is 23.2 Å². The lowest BCUT2D eigenvalue weighted by Crippen LogP contribution is -2.40. The quantitative estimate of drug-likeness (QED) is 0.767. The van der Waals surface area contributed by atoms with E-state index in [1.807, 2.05) is 0 Å². The van der Waals surface area contributed by atoms with E-state index in [0.717, 1.165) is 12.1 Å². The summed E-state index contributed by atoms with van der Waals surface area (Å²) in [5, 5.41) is 6.36. The molecular weight excluding hydrogens is 354 g/mol. The maximum absolute atomic E-state index is 13.0. The van der Waals surface area contributed by atoms with Crippen molar-refractivity contribution in [1.82, 2.24) is 5.32 Å². The second-order valence-electron chi connectivity index (χ2n) is 4.99. The topological polar surface area (TPSA) is 84.5 Å². The van der Waals surface area contributed by atoms with E-state index in [0.29, 0.717) is 10.9 Å². The monoisotopic (exact) mass is 368 g/mol. The Morgan fingerprint density at radius 2 is 1.88 bits per heavy atom. The van der Waals surface area contributed by atoms with Crippen LogP contribution in [0.5, 0.6) is 0 Å². The van der Waals surface area contributed by atoms with Gasteiger partial charge in [-0.2, -0.15) is 0 Å². The Morgan fingerprint density at radius 3 is 2.48 bits per heavy atom. The molecular formula is C16H14F2N2O4S. The number of anilines is 1. The van der Waals surface area contributed by atoms with Gasteiger partial charge in [-0.1, -0.05) is 6.07 Å². The molecule has 1 unspecified atom stereocenters. The van der Waals surface area contributed by atoms with Gasteiger partial charge in [0.05, 0.1) is 4.88 Å². The van der Waals surface area contributed by atoms with Gasteiger partial charge in [0.2, 0.25) is 0 Å². The van der Waals surface area contributed by atoms with E-state index < -0.39 is 42.1 Å². The molecule has 0 bridgehead atoms. The third-order valence-corrected chi connectivity index (χ3v) is 3.81. The molecule has 1 heterocycles. The van der Waals surface area contributed by atoms with Crippen molar-refractivity contribution in [3.05, 3.63) is 52.2 Å². The molecule has 1 atom stereocenters. The van der Waals surface area contributed by atoms with Crippen LogP contribution in [0, 0.1) is 11.6 Å². The zero-order chi connectivity index (χ0) is 18.4. The number of carbonyl (C=O) groups is 3. The SMILES string of the molecule is CC(NC(=O)c1cccs1)C(=O)OCC(=O)Nc1cc(F)cc(F)c1. The van der Waals surface area contributed by atoms with Gasteiger partial charge in [-0.15, -0.1) is 11.3 Å². The predicted octanol–water partition coefficient (Wildman–Crippen LogP) is 2.33. The van der Waals surface area contributed by atoms with E-state index in [2.05, 4.69) is 10.6 Å². The Labute approximate surface area is 145 Å². The Morgan fingerprint density at radius 1 is 1.20 bits per heavy atom. The van der Waals surface area contributed by atoms with Crippen molar-refractivity contribution >= 4 is 34.8 Å². The fourth-order valence-electron chi connectivity index (χ4n) is 1.82. The number of rotatable bonds is 6. The van der Waals surface area contributed by atoms with Gasteiger partial charge < -0.3 is 15.4 Å². The maximum atomic E-state index is 13.0. The molecule has 25 heavy (non-hydrogen) atoms. The first kappa shape index (κ1) is 18.5. The van der Waals surface area contributed by atoms with Gasteiger partial charge in [-0.05, 0) is 30.5 Å². The van der Waals surface area contributed by atoms with Crippen molar-refractivity contribution in [2.75, 3.05) is 11.9 Å². The molecule has 0 spiro atoms. The summed E-state index contributed by atoms with van der Waals surface area (Å²) >= 11 is 1.22. The van der Waals surface area contributed by atoms with Crippen LogP contribution >= 0.6 is 11.3 Å². The molecule has 2 amide bonds.